The molecular weight excluding hydrogens is 1270 g/mol. The van der Waals surface area contributed by atoms with Crippen molar-refractivity contribution in [3.8, 4) is 0 Å². The number of rotatable bonds is 6. The third-order valence-electron chi connectivity index (χ3n) is 10.9. The van der Waals surface area contributed by atoms with Gasteiger partial charge in [0.25, 0.3) is 0 Å². The van der Waals surface area contributed by atoms with Crippen LogP contribution in [-0.2, 0) is 37.1 Å². The Balaban J connectivity index is 0.000000340. The Labute approximate surface area is 463 Å². The Kier molecular flexibility index (Phi) is 25.5. The van der Waals surface area contributed by atoms with Gasteiger partial charge in [0.15, 0.2) is 21.4 Å². The maximum atomic E-state index is 9.67. The highest BCUT2D eigenvalue weighted by molar-refractivity contribution is 7.40. The van der Waals surface area contributed by atoms with Gasteiger partial charge in [-0.3, -0.25) is 0 Å². The SMILES string of the molecule is CC(C)(C)c1ccc([I+]c2ccc(C(C)(C)C)cc2)cc1.CC(C)(C)c1ccc([I+]c2ccc(C(C)(C)C)cc2)cc1.CC(C)(C)c1ccc([I+]c2ccc(C(C)(C)C)cc2)cc1.FC(F)F.O=P([O-])([O-])[O-]. The van der Waals surface area contributed by atoms with E-state index >= 15 is 0 Å². The minimum atomic E-state index is -5.39. The highest BCUT2D eigenvalue weighted by atomic mass is 127. The summed E-state index contributed by atoms with van der Waals surface area (Å²) in [5, 5.41) is 0. The van der Waals surface area contributed by atoms with Crippen molar-refractivity contribution in [2.45, 2.75) is 164 Å². The van der Waals surface area contributed by atoms with Crippen molar-refractivity contribution in [1.82, 2.24) is 0 Å². The van der Waals surface area contributed by atoms with Gasteiger partial charge in [0.1, 0.15) is 0 Å². The quantitative estimate of drug-likeness (QED) is 0.161. The molecule has 0 spiro atoms. The average Bonchev–Trinajstić information content (AvgIpc) is 3.23. The zero-order valence-corrected chi connectivity index (χ0v) is 53.1. The van der Waals surface area contributed by atoms with Crippen molar-refractivity contribution >= 4 is 7.82 Å². The number of hydrogen-bond acceptors (Lipinski definition) is 4. The van der Waals surface area contributed by atoms with E-state index in [9.17, 15) is 13.2 Å². The summed E-state index contributed by atoms with van der Waals surface area (Å²) < 4.78 is 46.5. The molecule has 0 radical (unpaired) electrons. The van der Waals surface area contributed by atoms with Gasteiger partial charge in [0, 0.05) is 0 Å². The van der Waals surface area contributed by atoms with Gasteiger partial charge in [0.2, 0.25) is 0 Å². The molecule has 0 aliphatic carbocycles. The van der Waals surface area contributed by atoms with E-state index in [0.29, 0.717) is 0 Å². The zero-order chi connectivity index (χ0) is 55.1. The molecule has 0 amide bonds. The standard InChI is InChI=1S/3C20H26I.CHF3.H3O4P/c3*1-19(2,3)15-7-11-17(12-8-15)21-18-13-9-16(10-14-18)20(4,5)6;2-1(3)4;1-5(2,3)4/h3*7-14H,1-6H3;1H;(H3,1,2,3,4)/q3*+1;;/p-3. The van der Waals surface area contributed by atoms with Crippen LogP contribution in [0.1, 0.15) is 158 Å². The molecule has 0 unspecified atom stereocenters. The maximum Gasteiger partial charge on any atom is 0.379 e. The first-order chi connectivity index (χ1) is 32.7. The van der Waals surface area contributed by atoms with Crippen molar-refractivity contribution < 1.29 is 96.0 Å². The number of benzene rings is 6. The van der Waals surface area contributed by atoms with E-state index < -0.39 is 14.5 Å². The van der Waals surface area contributed by atoms with E-state index in [0.717, 1.165) is 0 Å². The molecule has 0 aromatic heterocycles. The van der Waals surface area contributed by atoms with Crippen LogP contribution in [0.4, 0.5) is 13.2 Å². The maximum absolute atomic E-state index is 9.67. The fourth-order valence-electron chi connectivity index (χ4n) is 6.46. The van der Waals surface area contributed by atoms with Gasteiger partial charge < -0.3 is 19.2 Å². The first kappa shape index (κ1) is 65.5. The van der Waals surface area contributed by atoms with Gasteiger partial charge in [-0.1, -0.05) is 197 Å². The van der Waals surface area contributed by atoms with E-state index in [-0.39, 0.29) is 96.1 Å². The molecule has 6 aromatic rings. The Morgan fingerprint density at radius 1 is 0.292 bits per heavy atom. The summed E-state index contributed by atoms with van der Waals surface area (Å²) in [5.74, 6) is 0. The molecule has 6 rings (SSSR count). The molecule has 4 nitrogen and oxygen atoms in total. The van der Waals surface area contributed by atoms with Crippen molar-refractivity contribution in [3.63, 3.8) is 0 Å². The molecule has 0 fully saturated rings. The van der Waals surface area contributed by atoms with Crippen LogP contribution in [-0.4, -0.2) is 6.68 Å². The fraction of sp³-hybridized carbons (Fsp3) is 0.410. The summed E-state index contributed by atoms with van der Waals surface area (Å²) in [6.45, 7) is 37.1. The zero-order valence-electron chi connectivity index (χ0n) is 45.8. The summed E-state index contributed by atoms with van der Waals surface area (Å²) in [6, 6.07) is 55.2. The van der Waals surface area contributed by atoms with Crippen molar-refractivity contribution in [3.05, 3.63) is 200 Å². The topological polar surface area (TPSA) is 86.2 Å². The largest absolute Gasteiger partial charge is 0.822 e. The van der Waals surface area contributed by atoms with Gasteiger partial charge in [0.05, 0.1) is 0 Å². The second-order valence-electron chi connectivity index (χ2n) is 23.5. The van der Waals surface area contributed by atoms with Crippen LogP contribution in [0.3, 0.4) is 0 Å². The third kappa shape index (κ3) is 26.8. The van der Waals surface area contributed by atoms with Crippen LogP contribution in [0, 0.1) is 21.4 Å². The Morgan fingerprint density at radius 2 is 0.375 bits per heavy atom. The van der Waals surface area contributed by atoms with Crippen LogP contribution in [0.2, 0.25) is 0 Å². The number of hydrogen-bond donors (Lipinski definition) is 0. The molecule has 11 heteroatoms. The lowest BCUT2D eigenvalue weighted by Crippen LogP contribution is -3.61. The van der Waals surface area contributed by atoms with Crippen molar-refractivity contribution in [2.24, 2.45) is 0 Å². The minimum absolute atomic E-state index is 0.0703. The molecule has 6 aromatic carbocycles. The molecule has 0 saturated heterocycles. The van der Waals surface area contributed by atoms with E-state index in [1.54, 1.807) is 0 Å². The Morgan fingerprint density at radius 3 is 0.444 bits per heavy atom. The van der Waals surface area contributed by atoms with Crippen LogP contribution in [0.5, 0.6) is 0 Å². The predicted molar refractivity (Wildman–Crippen MR) is 278 cm³/mol. The molecule has 0 N–H and O–H groups in total. The lowest BCUT2D eigenvalue weighted by Gasteiger charge is -2.36. The third-order valence-corrected chi connectivity index (χ3v) is 19.0. The summed E-state index contributed by atoms with van der Waals surface area (Å²) in [4.78, 5) is 25.6. The summed E-state index contributed by atoms with van der Waals surface area (Å²) >= 11 is -0.211. The van der Waals surface area contributed by atoms with E-state index in [2.05, 4.69) is 270 Å². The van der Waals surface area contributed by atoms with Gasteiger partial charge in [-0.05, 0) is 139 Å². The lowest BCUT2D eigenvalue weighted by molar-refractivity contribution is -0.597. The molecule has 72 heavy (non-hydrogen) atoms. The minimum Gasteiger partial charge on any atom is -0.822 e. The highest BCUT2D eigenvalue weighted by Crippen LogP contribution is 2.25. The molecule has 0 aliphatic heterocycles. The molecular formula is C61H79F3I3O4P. The Hall–Kier alpha value is -2.59. The van der Waals surface area contributed by atoms with Crippen LogP contribution < -0.4 is 78.3 Å². The molecule has 0 heterocycles. The van der Waals surface area contributed by atoms with Crippen LogP contribution >= 0.6 is 7.82 Å². The lowest BCUT2D eigenvalue weighted by atomic mass is 9.87. The predicted octanol–water partition coefficient (Wildman–Crippen LogP) is 5.58. The molecule has 0 atom stereocenters. The van der Waals surface area contributed by atoms with E-state index in [4.69, 9.17) is 19.2 Å². The van der Waals surface area contributed by atoms with Crippen molar-refractivity contribution in [2.75, 3.05) is 0 Å². The Bertz CT molecular complexity index is 2090. The summed E-state index contributed by atoms with van der Waals surface area (Å²) in [7, 11) is -5.39. The van der Waals surface area contributed by atoms with E-state index in [1.807, 2.05) is 0 Å². The second kappa shape index (κ2) is 28.0. The number of halogens is 6. The smallest absolute Gasteiger partial charge is 0.379 e. The number of phosphoric acid groups is 1. The van der Waals surface area contributed by atoms with E-state index in [1.165, 1.54) is 54.8 Å². The monoisotopic (exact) mass is 1340 g/mol. The second-order valence-corrected chi connectivity index (χ2v) is 33.5. The van der Waals surface area contributed by atoms with Crippen LogP contribution in [0.25, 0.3) is 0 Å². The summed E-state index contributed by atoms with van der Waals surface area (Å²) in [6.07, 6.45) is 0. The highest BCUT2D eigenvalue weighted by Gasteiger charge is 2.23. The molecule has 0 aliphatic rings. The first-order valence-corrected chi connectivity index (χ1v) is 31.9. The van der Waals surface area contributed by atoms with Gasteiger partial charge in [-0.25, -0.2) is 0 Å². The van der Waals surface area contributed by atoms with Gasteiger partial charge in [-0.15, -0.1) is 0 Å². The average molecular weight is 1340 g/mol. The van der Waals surface area contributed by atoms with Crippen LogP contribution in [0.15, 0.2) is 146 Å². The molecule has 394 valence electrons. The fourth-order valence-corrected chi connectivity index (χ4v) is 12.9. The molecule has 0 saturated carbocycles. The summed E-state index contributed by atoms with van der Waals surface area (Å²) in [5.41, 5.74) is 9.94. The van der Waals surface area contributed by atoms with Crippen molar-refractivity contribution in [1.29, 1.82) is 0 Å². The first-order valence-electron chi connectivity index (χ1n) is 23.9. The number of alkyl halides is 3. The normalized spacial score (nSPS) is 12.2. The van der Waals surface area contributed by atoms with Gasteiger partial charge in [-0.2, -0.15) is 21.0 Å². The molecule has 0 bridgehead atoms. The van der Waals surface area contributed by atoms with Gasteiger partial charge >= 0.3 is 70.3 Å².